The summed E-state index contributed by atoms with van der Waals surface area (Å²) in [5.41, 5.74) is 6.12. The molecule has 14 heavy (non-hydrogen) atoms. The molecule has 5 heteroatoms. The average molecular weight is 232 g/mol. The summed E-state index contributed by atoms with van der Waals surface area (Å²) < 4.78 is 5.15. The first kappa shape index (κ1) is 11.2. The lowest BCUT2D eigenvalue weighted by atomic mass is 10.2. The third-order valence-corrected chi connectivity index (χ3v) is 2.10. The van der Waals surface area contributed by atoms with Crippen LogP contribution in [0.25, 0.3) is 0 Å². The molecule has 0 saturated carbocycles. The van der Waals surface area contributed by atoms with Gasteiger partial charge in [-0.2, -0.15) is 0 Å². The quantitative estimate of drug-likeness (QED) is 0.768. The summed E-state index contributed by atoms with van der Waals surface area (Å²) in [5.74, 6) is 0.515. The van der Waals surface area contributed by atoms with E-state index >= 15 is 0 Å². The van der Waals surface area contributed by atoms with Gasteiger partial charge in [-0.05, 0) is 18.2 Å². The van der Waals surface area contributed by atoms with E-state index in [4.69, 9.17) is 39.4 Å². The van der Waals surface area contributed by atoms with Gasteiger partial charge in [-0.3, -0.25) is 0 Å². The minimum Gasteiger partial charge on any atom is -0.490 e. The highest BCUT2D eigenvalue weighted by molar-refractivity contribution is 7.80. The summed E-state index contributed by atoms with van der Waals surface area (Å²) in [5, 5.41) is 8.99. The normalized spacial score (nSPS) is 9.86. The van der Waals surface area contributed by atoms with Crippen molar-refractivity contribution in [3.05, 3.63) is 28.8 Å². The molecule has 76 valence electrons. The van der Waals surface area contributed by atoms with Crippen molar-refractivity contribution in [3.8, 4) is 5.75 Å². The molecule has 0 aromatic heterocycles. The molecule has 0 unspecified atom stereocenters. The van der Waals surface area contributed by atoms with Crippen LogP contribution in [0.2, 0.25) is 5.02 Å². The molecule has 0 atom stereocenters. The van der Waals surface area contributed by atoms with Crippen LogP contribution in [-0.2, 0) is 0 Å². The lowest BCUT2D eigenvalue weighted by Crippen LogP contribution is -2.09. The van der Waals surface area contributed by atoms with Gasteiger partial charge in [0.05, 0.1) is 11.6 Å². The number of halogens is 1. The molecular formula is C9H10ClNO2S. The summed E-state index contributed by atoms with van der Waals surface area (Å²) in [6.07, 6.45) is 0. The van der Waals surface area contributed by atoms with Crippen LogP contribution in [0.5, 0.6) is 5.75 Å². The Hall–Kier alpha value is -0.840. The zero-order valence-electron chi connectivity index (χ0n) is 7.37. The summed E-state index contributed by atoms with van der Waals surface area (Å²) >= 11 is 10.7. The van der Waals surface area contributed by atoms with Gasteiger partial charge >= 0.3 is 0 Å². The fraction of sp³-hybridized carbons (Fsp3) is 0.222. The van der Waals surface area contributed by atoms with Crippen molar-refractivity contribution in [1.29, 1.82) is 0 Å². The standard InChI is InChI=1S/C9H10ClNO2S/c10-7-5-6(9(11)14)1-2-8(7)13-4-3-12/h1-2,5,12H,3-4H2,(H2,11,14). The molecule has 1 aromatic carbocycles. The molecule has 0 amide bonds. The fourth-order valence-electron chi connectivity index (χ4n) is 0.927. The van der Waals surface area contributed by atoms with E-state index in [0.29, 0.717) is 21.3 Å². The Morgan fingerprint density at radius 2 is 2.29 bits per heavy atom. The Bertz CT molecular complexity index is 344. The van der Waals surface area contributed by atoms with Gasteiger partial charge in [-0.15, -0.1) is 0 Å². The number of thiocarbonyl (C=S) groups is 1. The molecule has 0 spiro atoms. The van der Waals surface area contributed by atoms with Crippen LogP contribution >= 0.6 is 23.8 Å². The number of nitrogens with two attached hydrogens (primary N) is 1. The Morgan fingerprint density at radius 1 is 1.57 bits per heavy atom. The van der Waals surface area contributed by atoms with Crippen LogP contribution in [0.3, 0.4) is 0 Å². The average Bonchev–Trinajstić information content (AvgIpc) is 2.15. The second-order valence-corrected chi connectivity index (χ2v) is 3.43. The zero-order chi connectivity index (χ0) is 10.6. The maximum atomic E-state index is 8.55. The lowest BCUT2D eigenvalue weighted by Gasteiger charge is -2.07. The highest BCUT2D eigenvalue weighted by Crippen LogP contribution is 2.25. The van der Waals surface area contributed by atoms with Crippen molar-refractivity contribution >= 4 is 28.8 Å². The van der Waals surface area contributed by atoms with Gasteiger partial charge in [0, 0.05) is 5.56 Å². The molecule has 1 rings (SSSR count). The molecular weight excluding hydrogens is 222 g/mol. The molecule has 0 saturated heterocycles. The molecule has 0 fully saturated rings. The molecule has 3 nitrogen and oxygen atoms in total. The second kappa shape index (κ2) is 5.14. The van der Waals surface area contributed by atoms with Gasteiger partial charge in [0.25, 0.3) is 0 Å². The predicted molar refractivity (Wildman–Crippen MR) is 59.9 cm³/mol. The molecule has 0 aliphatic heterocycles. The van der Waals surface area contributed by atoms with E-state index in [9.17, 15) is 0 Å². The number of rotatable bonds is 4. The molecule has 3 N–H and O–H groups in total. The van der Waals surface area contributed by atoms with Crippen LogP contribution in [-0.4, -0.2) is 23.3 Å². The molecule has 1 aromatic rings. The Labute approximate surface area is 92.4 Å². The van der Waals surface area contributed by atoms with Crippen molar-refractivity contribution in [2.24, 2.45) is 5.73 Å². The summed E-state index contributed by atoms with van der Waals surface area (Å²) in [4.78, 5) is 0.292. The Kier molecular flexibility index (Phi) is 4.13. The van der Waals surface area contributed by atoms with Crippen molar-refractivity contribution in [3.63, 3.8) is 0 Å². The first-order chi connectivity index (χ1) is 6.65. The molecule has 0 radical (unpaired) electrons. The number of benzene rings is 1. The van der Waals surface area contributed by atoms with Crippen LogP contribution in [0.15, 0.2) is 18.2 Å². The summed E-state index contributed by atoms with van der Waals surface area (Å²) in [6.45, 7) is 0.166. The maximum Gasteiger partial charge on any atom is 0.138 e. The number of hydrogen-bond acceptors (Lipinski definition) is 3. The van der Waals surface area contributed by atoms with Crippen molar-refractivity contribution in [1.82, 2.24) is 0 Å². The topological polar surface area (TPSA) is 55.5 Å². The van der Waals surface area contributed by atoms with Gasteiger partial charge in [0.2, 0.25) is 0 Å². The van der Waals surface area contributed by atoms with Gasteiger partial charge in [-0.25, -0.2) is 0 Å². The van der Waals surface area contributed by atoms with E-state index in [1.54, 1.807) is 18.2 Å². The van der Waals surface area contributed by atoms with E-state index in [2.05, 4.69) is 0 Å². The van der Waals surface area contributed by atoms with Gasteiger partial charge < -0.3 is 15.6 Å². The molecule has 0 heterocycles. The monoisotopic (exact) mass is 231 g/mol. The van der Waals surface area contributed by atoms with Crippen LogP contribution < -0.4 is 10.5 Å². The highest BCUT2D eigenvalue weighted by Gasteiger charge is 2.04. The minimum absolute atomic E-state index is 0.0482. The van der Waals surface area contributed by atoms with E-state index in [-0.39, 0.29) is 13.2 Å². The predicted octanol–water partition coefficient (Wildman–Crippen LogP) is 1.35. The summed E-state index contributed by atoms with van der Waals surface area (Å²) in [7, 11) is 0. The van der Waals surface area contributed by atoms with E-state index in [0.717, 1.165) is 0 Å². The molecule has 0 bridgehead atoms. The zero-order valence-corrected chi connectivity index (χ0v) is 8.94. The second-order valence-electron chi connectivity index (χ2n) is 2.58. The van der Waals surface area contributed by atoms with E-state index in [1.807, 2.05) is 0 Å². The third-order valence-electron chi connectivity index (χ3n) is 1.57. The van der Waals surface area contributed by atoms with Crippen LogP contribution in [0.1, 0.15) is 5.56 Å². The molecule has 0 aliphatic carbocycles. The van der Waals surface area contributed by atoms with Gasteiger partial charge in [0.1, 0.15) is 17.3 Å². The van der Waals surface area contributed by atoms with E-state index in [1.165, 1.54) is 0 Å². The first-order valence-corrected chi connectivity index (χ1v) is 4.77. The van der Waals surface area contributed by atoms with E-state index < -0.39 is 0 Å². The maximum absolute atomic E-state index is 8.55. The largest absolute Gasteiger partial charge is 0.490 e. The Balaban J connectivity index is 2.84. The highest BCUT2D eigenvalue weighted by atomic mass is 35.5. The van der Waals surface area contributed by atoms with Crippen LogP contribution in [0.4, 0.5) is 0 Å². The van der Waals surface area contributed by atoms with Gasteiger partial charge in [-0.1, -0.05) is 23.8 Å². The van der Waals surface area contributed by atoms with Crippen molar-refractivity contribution < 1.29 is 9.84 Å². The SMILES string of the molecule is NC(=S)c1ccc(OCCO)c(Cl)c1. The lowest BCUT2D eigenvalue weighted by molar-refractivity contribution is 0.201. The van der Waals surface area contributed by atoms with Crippen molar-refractivity contribution in [2.75, 3.05) is 13.2 Å². The van der Waals surface area contributed by atoms with Crippen molar-refractivity contribution in [2.45, 2.75) is 0 Å². The summed E-state index contributed by atoms with van der Waals surface area (Å²) in [6, 6.07) is 5.03. The fourth-order valence-corrected chi connectivity index (χ4v) is 1.29. The smallest absolute Gasteiger partial charge is 0.138 e. The number of ether oxygens (including phenoxy) is 1. The number of aliphatic hydroxyl groups excluding tert-OH is 1. The van der Waals surface area contributed by atoms with Crippen LogP contribution in [0, 0.1) is 0 Å². The molecule has 0 aliphatic rings. The number of hydrogen-bond donors (Lipinski definition) is 2. The minimum atomic E-state index is -0.0482. The first-order valence-electron chi connectivity index (χ1n) is 3.98. The third kappa shape index (κ3) is 2.83. The van der Waals surface area contributed by atoms with Gasteiger partial charge in [0.15, 0.2) is 0 Å². The number of aliphatic hydroxyl groups is 1. The Morgan fingerprint density at radius 3 is 2.79 bits per heavy atom.